The van der Waals surface area contributed by atoms with Crippen molar-refractivity contribution in [1.29, 1.82) is 0 Å². The summed E-state index contributed by atoms with van der Waals surface area (Å²) in [5, 5.41) is 3.38. The molecule has 0 aromatic rings. The number of hydrogen-bond acceptors (Lipinski definition) is 2. The lowest BCUT2D eigenvalue weighted by Crippen LogP contribution is -2.29. The summed E-state index contributed by atoms with van der Waals surface area (Å²) in [6.07, 6.45) is 9.63. The molecule has 0 heterocycles. The average molecular weight is 215 g/mol. The van der Waals surface area contributed by atoms with Crippen LogP contribution in [0.4, 0.5) is 0 Å². The van der Waals surface area contributed by atoms with Gasteiger partial charge in [0.1, 0.15) is 0 Å². The van der Waals surface area contributed by atoms with Gasteiger partial charge in [0, 0.05) is 13.2 Å². The van der Waals surface area contributed by atoms with Gasteiger partial charge in [-0.15, -0.1) is 0 Å². The van der Waals surface area contributed by atoms with Crippen molar-refractivity contribution in [1.82, 2.24) is 5.32 Å². The van der Waals surface area contributed by atoms with Crippen molar-refractivity contribution >= 4 is 0 Å². The van der Waals surface area contributed by atoms with Gasteiger partial charge in [-0.05, 0) is 26.8 Å². The van der Waals surface area contributed by atoms with Gasteiger partial charge in [0.05, 0.1) is 6.10 Å². The normalized spacial score (nSPS) is 15.2. The van der Waals surface area contributed by atoms with Crippen LogP contribution in [-0.2, 0) is 4.74 Å². The summed E-state index contributed by atoms with van der Waals surface area (Å²) in [5.41, 5.74) is 0. The molecule has 0 saturated carbocycles. The van der Waals surface area contributed by atoms with Crippen LogP contribution in [0.2, 0.25) is 0 Å². The highest BCUT2D eigenvalue weighted by atomic mass is 16.5. The van der Waals surface area contributed by atoms with E-state index in [-0.39, 0.29) is 0 Å². The molecule has 2 atom stereocenters. The molecule has 0 saturated heterocycles. The minimum absolute atomic E-state index is 0.373. The van der Waals surface area contributed by atoms with Crippen LogP contribution >= 0.6 is 0 Å². The Hall–Kier alpha value is -0.0800. The van der Waals surface area contributed by atoms with E-state index in [0.717, 1.165) is 6.42 Å². The first kappa shape index (κ1) is 14.9. The third-order valence-electron chi connectivity index (χ3n) is 3.08. The standard InChI is InChI=1S/C13H29NO/c1-5-6-7-8-9-10-13(14-3)11-12(2)15-4/h12-14H,5-11H2,1-4H3. The average Bonchev–Trinajstić information content (AvgIpc) is 2.26. The number of methoxy groups -OCH3 is 1. The second-order valence-corrected chi connectivity index (χ2v) is 4.47. The summed E-state index contributed by atoms with van der Waals surface area (Å²) in [5.74, 6) is 0. The first-order chi connectivity index (χ1) is 7.24. The number of ether oxygens (including phenoxy) is 1. The summed E-state index contributed by atoms with van der Waals surface area (Å²) < 4.78 is 5.29. The fraction of sp³-hybridized carbons (Fsp3) is 1.00. The highest BCUT2D eigenvalue weighted by Gasteiger charge is 2.10. The van der Waals surface area contributed by atoms with Crippen molar-refractivity contribution in [2.45, 2.75) is 70.9 Å². The Bertz CT molecular complexity index is 128. The lowest BCUT2D eigenvalue weighted by atomic mass is 10.0. The van der Waals surface area contributed by atoms with E-state index in [1.165, 1.54) is 38.5 Å². The summed E-state index contributed by atoms with van der Waals surface area (Å²) in [7, 11) is 3.84. The van der Waals surface area contributed by atoms with E-state index in [1.807, 2.05) is 0 Å². The summed E-state index contributed by atoms with van der Waals surface area (Å²) in [4.78, 5) is 0. The molecule has 0 fully saturated rings. The van der Waals surface area contributed by atoms with E-state index in [9.17, 15) is 0 Å². The molecule has 0 aliphatic heterocycles. The van der Waals surface area contributed by atoms with Gasteiger partial charge in [-0.1, -0.05) is 39.0 Å². The van der Waals surface area contributed by atoms with Crippen LogP contribution in [0.1, 0.15) is 58.8 Å². The molecule has 0 aromatic carbocycles. The van der Waals surface area contributed by atoms with Crippen LogP contribution in [0.15, 0.2) is 0 Å². The Morgan fingerprint density at radius 1 is 1.13 bits per heavy atom. The van der Waals surface area contributed by atoms with E-state index in [4.69, 9.17) is 4.74 Å². The molecule has 0 amide bonds. The zero-order valence-electron chi connectivity index (χ0n) is 11.0. The fourth-order valence-electron chi connectivity index (χ4n) is 1.87. The molecular formula is C13H29NO. The highest BCUT2D eigenvalue weighted by Crippen LogP contribution is 2.11. The first-order valence-corrected chi connectivity index (χ1v) is 6.44. The third-order valence-corrected chi connectivity index (χ3v) is 3.08. The molecule has 0 aliphatic carbocycles. The maximum atomic E-state index is 5.29. The molecule has 0 bridgehead atoms. The quantitative estimate of drug-likeness (QED) is 0.564. The second-order valence-electron chi connectivity index (χ2n) is 4.47. The van der Waals surface area contributed by atoms with Crippen LogP contribution in [0, 0.1) is 0 Å². The molecule has 0 radical (unpaired) electrons. The smallest absolute Gasteiger partial charge is 0.0558 e. The Morgan fingerprint density at radius 3 is 2.33 bits per heavy atom. The van der Waals surface area contributed by atoms with Gasteiger partial charge < -0.3 is 10.1 Å². The molecule has 1 N–H and O–H groups in total. The topological polar surface area (TPSA) is 21.3 Å². The molecule has 0 aromatic heterocycles. The third kappa shape index (κ3) is 8.88. The first-order valence-electron chi connectivity index (χ1n) is 6.44. The van der Waals surface area contributed by atoms with Gasteiger partial charge in [0.2, 0.25) is 0 Å². The minimum atomic E-state index is 0.373. The Kier molecular flexibility index (Phi) is 10.4. The number of rotatable bonds is 10. The largest absolute Gasteiger partial charge is 0.382 e. The van der Waals surface area contributed by atoms with E-state index < -0.39 is 0 Å². The minimum Gasteiger partial charge on any atom is -0.382 e. The van der Waals surface area contributed by atoms with Crippen molar-refractivity contribution < 1.29 is 4.74 Å². The Balaban J connectivity index is 3.44. The monoisotopic (exact) mass is 215 g/mol. The van der Waals surface area contributed by atoms with Gasteiger partial charge in [-0.25, -0.2) is 0 Å². The molecule has 92 valence electrons. The summed E-state index contributed by atoms with van der Waals surface area (Å²) in [6.45, 7) is 4.40. The number of unbranched alkanes of at least 4 members (excludes halogenated alkanes) is 4. The van der Waals surface area contributed by atoms with Crippen molar-refractivity contribution in [3.8, 4) is 0 Å². The fourth-order valence-corrected chi connectivity index (χ4v) is 1.87. The van der Waals surface area contributed by atoms with Gasteiger partial charge in [-0.2, -0.15) is 0 Å². The lowest BCUT2D eigenvalue weighted by molar-refractivity contribution is 0.0999. The molecule has 15 heavy (non-hydrogen) atoms. The van der Waals surface area contributed by atoms with Gasteiger partial charge in [0.25, 0.3) is 0 Å². The van der Waals surface area contributed by atoms with Crippen LogP contribution in [0.3, 0.4) is 0 Å². The maximum Gasteiger partial charge on any atom is 0.0558 e. The van der Waals surface area contributed by atoms with Crippen molar-refractivity contribution in [2.24, 2.45) is 0 Å². The highest BCUT2D eigenvalue weighted by molar-refractivity contribution is 4.68. The van der Waals surface area contributed by atoms with E-state index >= 15 is 0 Å². The maximum absolute atomic E-state index is 5.29. The zero-order valence-corrected chi connectivity index (χ0v) is 11.0. The van der Waals surface area contributed by atoms with Crippen LogP contribution < -0.4 is 5.32 Å². The number of hydrogen-bond donors (Lipinski definition) is 1. The lowest BCUT2D eigenvalue weighted by Gasteiger charge is -2.19. The molecule has 0 spiro atoms. The molecule has 2 nitrogen and oxygen atoms in total. The van der Waals surface area contributed by atoms with Crippen LogP contribution in [0.5, 0.6) is 0 Å². The molecule has 2 heteroatoms. The van der Waals surface area contributed by atoms with Crippen LogP contribution in [-0.4, -0.2) is 26.3 Å². The van der Waals surface area contributed by atoms with Gasteiger partial charge in [0.15, 0.2) is 0 Å². The van der Waals surface area contributed by atoms with E-state index in [1.54, 1.807) is 7.11 Å². The molecular weight excluding hydrogens is 186 g/mol. The van der Waals surface area contributed by atoms with E-state index in [2.05, 4.69) is 26.2 Å². The summed E-state index contributed by atoms with van der Waals surface area (Å²) in [6, 6.07) is 0.626. The van der Waals surface area contributed by atoms with Crippen molar-refractivity contribution in [2.75, 3.05) is 14.2 Å². The Labute approximate surface area is 95.8 Å². The predicted octanol–water partition coefficient (Wildman–Crippen LogP) is 3.36. The molecule has 2 unspecified atom stereocenters. The SMILES string of the molecule is CCCCCCCC(CC(C)OC)NC. The Morgan fingerprint density at radius 2 is 1.80 bits per heavy atom. The predicted molar refractivity (Wildman–Crippen MR) is 67.3 cm³/mol. The van der Waals surface area contributed by atoms with Crippen molar-refractivity contribution in [3.63, 3.8) is 0 Å². The zero-order chi connectivity index (χ0) is 11.5. The van der Waals surface area contributed by atoms with Gasteiger partial charge >= 0.3 is 0 Å². The molecule has 0 rings (SSSR count). The second kappa shape index (κ2) is 10.4. The van der Waals surface area contributed by atoms with Crippen molar-refractivity contribution in [3.05, 3.63) is 0 Å². The van der Waals surface area contributed by atoms with Crippen LogP contribution in [0.25, 0.3) is 0 Å². The van der Waals surface area contributed by atoms with Gasteiger partial charge in [-0.3, -0.25) is 0 Å². The number of nitrogens with one attached hydrogen (secondary N) is 1. The molecule has 0 aliphatic rings. The van der Waals surface area contributed by atoms with E-state index in [0.29, 0.717) is 12.1 Å². The summed E-state index contributed by atoms with van der Waals surface area (Å²) >= 11 is 0.